The molecule has 0 aliphatic heterocycles. The molecule has 0 saturated heterocycles. The van der Waals surface area contributed by atoms with E-state index in [1.807, 2.05) is 18.2 Å². The minimum Gasteiger partial charge on any atom is -0.382 e. The molecule has 0 saturated carbocycles. The summed E-state index contributed by atoms with van der Waals surface area (Å²) >= 11 is 0. The van der Waals surface area contributed by atoms with Crippen molar-refractivity contribution in [2.75, 3.05) is 25.1 Å². The number of amides is 1. The second kappa shape index (κ2) is 8.39. The van der Waals surface area contributed by atoms with Crippen LogP contribution in [0, 0.1) is 5.82 Å². The number of anilines is 3. The average Bonchev–Trinajstić information content (AvgIpc) is 3.45. The summed E-state index contributed by atoms with van der Waals surface area (Å²) in [6, 6.07) is 12.2. The lowest BCUT2D eigenvalue weighted by Gasteiger charge is -2.13. The predicted molar refractivity (Wildman–Crippen MR) is 134 cm³/mol. The second-order valence-corrected chi connectivity index (χ2v) is 8.87. The van der Waals surface area contributed by atoms with Gasteiger partial charge >= 0.3 is 0 Å². The summed E-state index contributed by atoms with van der Waals surface area (Å²) in [4.78, 5) is 17.9. The second-order valence-electron chi connectivity index (χ2n) is 8.87. The van der Waals surface area contributed by atoms with Crippen molar-refractivity contribution in [2.45, 2.75) is 19.8 Å². The van der Waals surface area contributed by atoms with Crippen molar-refractivity contribution in [1.82, 2.24) is 29.7 Å². The molecule has 9 nitrogen and oxygen atoms in total. The van der Waals surface area contributed by atoms with E-state index in [0.29, 0.717) is 5.52 Å². The standard InChI is InChI=1S/C25H25FN8O/c1-13(2)21-11-16(15-6-5-7-19-17(15)12-28-31-19)22-23(27)30-25(32-34(21)22)29-20-9-8-14(10-18(20)26)24(35)33(3)4/h5-13H,1-4H3,(H,28,31)(H3,27,29,30,32). The molecule has 4 N–H and O–H groups in total. The number of hydrogen-bond donors (Lipinski definition) is 3. The summed E-state index contributed by atoms with van der Waals surface area (Å²) in [7, 11) is 3.23. The van der Waals surface area contributed by atoms with Crippen LogP contribution >= 0.6 is 0 Å². The highest BCUT2D eigenvalue weighted by atomic mass is 19.1. The van der Waals surface area contributed by atoms with Crippen molar-refractivity contribution in [3.63, 3.8) is 0 Å². The first-order valence-electron chi connectivity index (χ1n) is 11.1. The van der Waals surface area contributed by atoms with Gasteiger partial charge < -0.3 is 16.0 Å². The zero-order valence-electron chi connectivity index (χ0n) is 19.8. The molecule has 0 radical (unpaired) electrons. The van der Waals surface area contributed by atoms with Gasteiger partial charge in [-0.25, -0.2) is 8.91 Å². The Labute approximate surface area is 200 Å². The highest BCUT2D eigenvalue weighted by Gasteiger charge is 2.21. The van der Waals surface area contributed by atoms with Crippen LogP contribution in [-0.2, 0) is 0 Å². The number of rotatable bonds is 5. The minimum absolute atomic E-state index is 0.134. The van der Waals surface area contributed by atoms with Crippen molar-refractivity contribution < 1.29 is 9.18 Å². The maximum Gasteiger partial charge on any atom is 0.253 e. The number of fused-ring (bicyclic) bond motifs is 2. The molecule has 5 aromatic rings. The number of nitrogen functional groups attached to an aromatic ring is 1. The smallest absolute Gasteiger partial charge is 0.253 e. The molecule has 0 fully saturated rings. The molecular formula is C25H25FN8O. The summed E-state index contributed by atoms with van der Waals surface area (Å²) in [5, 5.41) is 15.7. The Kier molecular flexibility index (Phi) is 5.35. The van der Waals surface area contributed by atoms with Crippen LogP contribution in [0.4, 0.5) is 21.8 Å². The number of benzene rings is 2. The maximum atomic E-state index is 14.8. The van der Waals surface area contributed by atoms with E-state index >= 15 is 0 Å². The number of carbonyl (C=O) groups excluding carboxylic acids is 1. The Morgan fingerprint density at radius 3 is 2.69 bits per heavy atom. The number of nitrogens with one attached hydrogen (secondary N) is 2. The Morgan fingerprint density at radius 2 is 1.97 bits per heavy atom. The number of aromatic nitrogens is 5. The SMILES string of the molecule is CC(C)c1cc(-c2cccc3[nH]ncc23)c2c(N)nc(Nc3ccc(C(=O)N(C)C)cc3F)nn12. The van der Waals surface area contributed by atoms with Gasteiger partial charge in [0.15, 0.2) is 5.82 Å². The summed E-state index contributed by atoms with van der Waals surface area (Å²) in [6.45, 7) is 4.13. The van der Waals surface area contributed by atoms with Crippen molar-refractivity contribution in [2.24, 2.45) is 0 Å². The van der Waals surface area contributed by atoms with E-state index in [9.17, 15) is 9.18 Å². The Bertz CT molecular complexity index is 1580. The fourth-order valence-corrected chi connectivity index (χ4v) is 4.16. The summed E-state index contributed by atoms with van der Waals surface area (Å²) < 4.78 is 16.5. The molecule has 3 aromatic heterocycles. The monoisotopic (exact) mass is 472 g/mol. The number of halogens is 1. The minimum atomic E-state index is -0.594. The van der Waals surface area contributed by atoms with E-state index in [-0.39, 0.29) is 34.8 Å². The predicted octanol–water partition coefficient (Wildman–Crippen LogP) is 4.56. The molecule has 1 amide bonds. The van der Waals surface area contributed by atoms with E-state index in [1.165, 1.54) is 17.0 Å². The Morgan fingerprint density at radius 1 is 1.17 bits per heavy atom. The lowest BCUT2D eigenvalue weighted by Crippen LogP contribution is -2.21. The zero-order valence-corrected chi connectivity index (χ0v) is 19.8. The number of nitrogens with zero attached hydrogens (tertiary/aromatic N) is 5. The van der Waals surface area contributed by atoms with Crippen molar-refractivity contribution in [1.29, 1.82) is 0 Å². The molecular weight excluding hydrogens is 447 g/mol. The van der Waals surface area contributed by atoms with Crippen LogP contribution in [0.1, 0.15) is 35.8 Å². The molecule has 0 aliphatic carbocycles. The van der Waals surface area contributed by atoms with E-state index in [0.717, 1.165) is 27.7 Å². The van der Waals surface area contributed by atoms with Crippen molar-refractivity contribution in [3.05, 3.63) is 65.7 Å². The molecule has 0 aliphatic rings. The molecule has 2 aromatic carbocycles. The van der Waals surface area contributed by atoms with Gasteiger partial charge in [-0.1, -0.05) is 26.0 Å². The largest absolute Gasteiger partial charge is 0.382 e. The molecule has 178 valence electrons. The molecule has 0 spiro atoms. The summed E-state index contributed by atoms with van der Waals surface area (Å²) in [6.07, 6.45) is 1.78. The molecule has 0 unspecified atom stereocenters. The fourth-order valence-electron chi connectivity index (χ4n) is 4.16. The zero-order chi connectivity index (χ0) is 24.9. The van der Waals surface area contributed by atoms with Gasteiger partial charge in [0.2, 0.25) is 5.95 Å². The highest BCUT2D eigenvalue weighted by molar-refractivity contribution is 6.01. The number of carbonyl (C=O) groups is 1. The number of hydrogen-bond acceptors (Lipinski definition) is 6. The molecule has 5 rings (SSSR count). The van der Waals surface area contributed by atoms with Gasteiger partial charge in [0, 0.05) is 36.3 Å². The van der Waals surface area contributed by atoms with Crippen LogP contribution in [0.3, 0.4) is 0 Å². The number of aromatic amines is 1. The van der Waals surface area contributed by atoms with Crippen LogP contribution in [0.25, 0.3) is 27.5 Å². The van der Waals surface area contributed by atoms with Gasteiger partial charge in [0.05, 0.1) is 17.4 Å². The third-order valence-corrected chi connectivity index (χ3v) is 5.90. The van der Waals surface area contributed by atoms with Gasteiger partial charge in [-0.2, -0.15) is 10.1 Å². The third kappa shape index (κ3) is 3.82. The van der Waals surface area contributed by atoms with E-state index in [2.05, 4.69) is 45.5 Å². The van der Waals surface area contributed by atoms with Crippen LogP contribution in [0.15, 0.2) is 48.7 Å². The van der Waals surface area contributed by atoms with Crippen LogP contribution < -0.4 is 11.1 Å². The van der Waals surface area contributed by atoms with Gasteiger partial charge in [-0.3, -0.25) is 9.89 Å². The topological polar surface area (TPSA) is 117 Å². The van der Waals surface area contributed by atoms with Gasteiger partial charge in [-0.15, -0.1) is 5.10 Å². The van der Waals surface area contributed by atoms with Crippen LogP contribution in [0.2, 0.25) is 0 Å². The summed E-state index contributed by atoms with van der Waals surface area (Å²) in [5.74, 6) is -0.346. The quantitative estimate of drug-likeness (QED) is 0.345. The molecule has 10 heteroatoms. The maximum absolute atomic E-state index is 14.8. The molecule has 3 heterocycles. The Balaban J connectivity index is 1.61. The Hall–Kier alpha value is -4.47. The first kappa shape index (κ1) is 22.3. The first-order chi connectivity index (χ1) is 16.7. The molecule has 35 heavy (non-hydrogen) atoms. The molecule has 0 bridgehead atoms. The van der Waals surface area contributed by atoms with E-state index in [1.54, 1.807) is 30.9 Å². The van der Waals surface area contributed by atoms with E-state index < -0.39 is 5.82 Å². The third-order valence-electron chi connectivity index (χ3n) is 5.90. The van der Waals surface area contributed by atoms with Gasteiger partial charge in [0.25, 0.3) is 5.91 Å². The summed E-state index contributed by atoms with van der Waals surface area (Å²) in [5.41, 5.74) is 11.2. The number of nitrogens with two attached hydrogens (primary N) is 1. The average molecular weight is 473 g/mol. The van der Waals surface area contributed by atoms with Crippen LogP contribution in [-0.4, -0.2) is 49.7 Å². The number of H-pyrrole nitrogens is 1. The van der Waals surface area contributed by atoms with Gasteiger partial charge in [0.1, 0.15) is 11.3 Å². The first-order valence-corrected chi connectivity index (χ1v) is 11.1. The lowest BCUT2D eigenvalue weighted by atomic mass is 10.0. The molecule has 0 atom stereocenters. The lowest BCUT2D eigenvalue weighted by molar-refractivity contribution is 0.0827. The highest BCUT2D eigenvalue weighted by Crippen LogP contribution is 2.37. The van der Waals surface area contributed by atoms with Crippen LogP contribution in [0.5, 0.6) is 0 Å². The fraction of sp³-hybridized carbons (Fsp3) is 0.200. The normalized spacial score (nSPS) is 11.5. The van der Waals surface area contributed by atoms with Crippen molar-refractivity contribution in [3.8, 4) is 11.1 Å². The van der Waals surface area contributed by atoms with Gasteiger partial charge in [-0.05, 0) is 41.8 Å². The van der Waals surface area contributed by atoms with Crippen molar-refractivity contribution >= 4 is 39.8 Å². The van der Waals surface area contributed by atoms with E-state index in [4.69, 9.17) is 5.73 Å².